The molecule has 0 aliphatic carbocycles. The van der Waals surface area contributed by atoms with Gasteiger partial charge in [0.1, 0.15) is 17.3 Å². The molecule has 1 N–H and O–H groups in total. The molecule has 8 heteroatoms. The van der Waals surface area contributed by atoms with Crippen molar-refractivity contribution in [3.63, 3.8) is 0 Å². The summed E-state index contributed by atoms with van der Waals surface area (Å²) in [5.74, 6) is -0.369. The second-order valence-corrected chi connectivity index (χ2v) is 8.50. The molecule has 1 fully saturated rings. The number of carbonyl (C=O) groups excluding carboxylic acids is 1. The Morgan fingerprint density at radius 2 is 2.00 bits per heavy atom. The van der Waals surface area contributed by atoms with Gasteiger partial charge in [0.25, 0.3) is 0 Å². The molecule has 0 spiro atoms. The molecule has 0 unspecified atom stereocenters. The third kappa shape index (κ3) is 3.77. The van der Waals surface area contributed by atoms with Crippen LogP contribution in [0.3, 0.4) is 0 Å². The minimum Gasteiger partial charge on any atom is -0.367 e. The first-order valence-corrected chi connectivity index (χ1v) is 10.8. The maximum atomic E-state index is 14.2. The topological polar surface area (TPSA) is 62.1 Å². The van der Waals surface area contributed by atoms with Crippen molar-refractivity contribution in [2.24, 2.45) is 0 Å². The average Bonchev–Trinajstić information content (AvgIpc) is 3.40. The summed E-state index contributed by atoms with van der Waals surface area (Å²) in [7, 11) is 0. The number of hydrogen-bond acceptors (Lipinski definition) is 4. The number of rotatable bonds is 5. The SMILES string of the molecule is O=Cc1noc(Cc2cc(F)ccc2F)c1N1CCC(c2c[nH]c3ccc(Cl)cc23)CC1. The molecule has 2 aromatic heterocycles. The first-order valence-electron chi connectivity index (χ1n) is 10.4. The van der Waals surface area contributed by atoms with Crippen molar-refractivity contribution in [2.45, 2.75) is 25.2 Å². The second kappa shape index (κ2) is 8.39. The van der Waals surface area contributed by atoms with E-state index in [0.717, 1.165) is 41.9 Å². The number of H-pyrrole nitrogens is 1. The van der Waals surface area contributed by atoms with Crippen LogP contribution in [0.4, 0.5) is 14.5 Å². The molecule has 3 heterocycles. The summed E-state index contributed by atoms with van der Waals surface area (Å²) in [5.41, 5.74) is 3.17. The largest absolute Gasteiger partial charge is 0.367 e. The summed E-state index contributed by atoms with van der Waals surface area (Å²) >= 11 is 6.19. The highest BCUT2D eigenvalue weighted by atomic mass is 35.5. The van der Waals surface area contributed by atoms with Gasteiger partial charge in [-0.05, 0) is 66.3 Å². The molecule has 4 aromatic rings. The van der Waals surface area contributed by atoms with Gasteiger partial charge < -0.3 is 14.4 Å². The lowest BCUT2D eigenvalue weighted by Gasteiger charge is -2.33. The van der Waals surface area contributed by atoms with Gasteiger partial charge in [0.15, 0.2) is 17.7 Å². The van der Waals surface area contributed by atoms with Crippen LogP contribution in [-0.4, -0.2) is 29.5 Å². The van der Waals surface area contributed by atoms with Crippen LogP contribution in [0, 0.1) is 11.6 Å². The summed E-state index contributed by atoms with van der Waals surface area (Å²) in [6, 6.07) is 9.10. The molecule has 0 amide bonds. The lowest BCUT2D eigenvalue weighted by Crippen LogP contribution is -2.33. The standard InChI is InChI=1S/C24H20ClF2N3O2/c25-16-1-4-21-18(11-16)19(12-28-21)14-5-7-30(8-6-14)24-22(13-31)29-32-23(24)10-15-9-17(26)2-3-20(15)27/h1-4,9,11-14,28H,5-8,10H2. The number of benzene rings is 2. The van der Waals surface area contributed by atoms with Crippen LogP contribution in [0.15, 0.2) is 47.1 Å². The van der Waals surface area contributed by atoms with Crippen LogP contribution in [-0.2, 0) is 6.42 Å². The third-order valence-electron chi connectivity index (χ3n) is 6.16. The Balaban J connectivity index is 1.38. The number of halogens is 3. The smallest absolute Gasteiger partial charge is 0.174 e. The minimum atomic E-state index is -0.530. The van der Waals surface area contributed by atoms with E-state index < -0.39 is 11.6 Å². The summed E-state index contributed by atoms with van der Waals surface area (Å²) in [6.07, 6.45) is 4.40. The zero-order valence-electron chi connectivity index (χ0n) is 17.1. The predicted octanol–water partition coefficient (Wildman–Crippen LogP) is 5.87. The zero-order chi connectivity index (χ0) is 22.2. The van der Waals surface area contributed by atoms with Gasteiger partial charge in [0, 0.05) is 41.6 Å². The van der Waals surface area contributed by atoms with E-state index in [2.05, 4.69) is 10.1 Å². The summed E-state index contributed by atoms with van der Waals surface area (Å²) < 4.78 is 33.1. The molecule has 32 heavy (non-hydrogen) atoms. The van der Waals surface area contributed by atoms with Crippen molar-refractivity contribution in [1.29, 1.82) is 0 Å². The van der Waals surface area contributed by atoms with Gasteiger partial charge in [-0.15, -0.1) is 0 Å². The molecule has 0 atom stereocenters. The molecular formula is C24H20ClF2N3O2. The number of aromatic nitrogens is 2. The first kappa shape index (κ1) is 20.7. The number of aldehydes is 1. The highest BCUT2D eigenvalue weighted by molar-refractivity contribution is 6.31. The molecule has 1 saturated heterocycles. The van der Waals surface area contributed by atoms with Crippen LogP contribution < -0.4 is 4.90 Å². The predicted molar refractivity (Wildman–Crippen MR) is 119 cm³/mol. The Morgan fingerprint density at radius 3 is 2.78 bits per heavy atom. The van der Waals surface area contributed by atoms with E-state index in [1.807, 2.05) is 29.3 Å². The van der Waals surface area contributed by atoms with Gasteiger partial charge in [-0.3, -0.25) is 4.79 Å². The summed E-state index contributed by atoms with van der Waals surface area (Å²) in [5, 5.41) is 5.68. The molecule has 1 aliphatic heterocycles. The van der Waals surface area contributed by atoms with E-state index in [0.29, 0.717) is 41.8 Å². The van der Waals surface area contributed by atoms with Crippen molar-refractivity contribution >= 4 is 34.5 Å². The fraction of sp³-hybridized carbons (Fsp3) is 0.250. The number of aromatic amines is 1. The van der Waals surface area contributed by atoms with Crippen LogP contribution >= 0.6 is 11.6 Å². The van der Waals surface area contributed by atoms with Crippen LogP contribution in [0.2, 0.25) is 5.02 Å². The maximum absolute atomic E-state index is 14.2. The molecule has 0 radical (unpaired) electrons. The fourth-order valence-electron chi connectivity index (χ4n) is 4.58. The monoisotopic (exact) mass is 455 g/mol. The molecule has 0 saturated carbocycles. The van der Waals surface area contributed by atoms with Crippen molar-refractivity contribution in [3.05, 3.63) is 81.8 Å². The van der Waals surface area contributed by atoms with Crippen molar-refractivity contribution in [3.8, 4) is 0 Å². The number of carbonyl (C=O) groups is 1. The van der Waals surface area contributed by atoms with Crippen molar-refractivity contribution in [1.82, 2.24) is 10.1 Å². The Labute approximate surface area is 188 Å². The molecule has 0 bridgehead atoms. The number of piperidine rings is 1. The van der Waals surface area contributed by atoms with Gasteiger partial charge in [-0.25, -0.2) is 8.78 Å². The highest BCUT2D eigenvalue weighted by Gasteiger charge is 2.28. The Hall–Kier alpha value is -3.19. The van der Waals surface area contributed by atoms with E-state index in [9.17, 15) is 13.6 Å². The van der Waals surface area contributed by atoms with Crippen LogP contribution in [0.1, 0.15) is 46.1 Å². The lowest BCUT2D eigenvalue weighted by atomic mass is 9.89. The molecular weight excluding hydrogens is 436 g/mol. The van der Waals surface area contributed by atoms with Crippen LogP contribution in [0.25, 0.3) is 10.9 Å². The number of fused-ring (bicyclic) bond motifs is 1. The minimum absolute atomic E-state index is 0.0145. The van der Waals surface area contributed by atoms with E-state index in [1.54, 1.807) is 0 Å². The number of nitrogens with zero attached hydrogens (tertiary/aromatic N) is 2. The summed E-state index contributed by atoms with van der Waals surface area (Å²) in [6.45, 7) is 1.36. The van der Waals surface area contributed by atoms with E-state index in [-0.39, 0.29) is 17.7 Å². The normalized spacial score (nSPS) is 14.9. The Kier molecular flexibility index (Phi) is 5.43. The number of anilines is 1. The van der Waals surface area contributed by atoms with Gasteiger partial charge in [-0.2, -0.15) is 0 Å². The Morgan fingerprint density at radius 1 is 1.19 bits per heavy atom. The van der Waals surface area contributed by atoms with E-state index >= 15 is 0 Å². The highest BCUT2D eigenvalue weighted by Crippen LogP contribution is 2.37. The van der Waals surface area contributed by atoms with Gasteiger partial charge in [-0.1, -0.05) is 16.8 Å². The third-order valence-corrected chi connectivity index (χ3v) is 6.39. The quantitative estimate of drug-likeness (QED) is 0.382. The zero-order valence-corrected chi connectivity index (χ0v) is 17.8. The Bertz CT molecular complexity index is 1290. The maximum Gasteiger partial charge on any atom is 0.174 e. The lowest BCUT2D eigenvalue weighted by molar-refractivity contribution is 0.111. The second-order valence-electron chi connectivity index (χ2n) is 8.07. The molecule has 1 aliphatic rings. The number of nitrogens with one attached hydrogen (secondary N) is 1. The molecule has 5 nitrogen and oxygen atoms in total. The van der Waals surface area contributed by atoms with Crippen molar-refractivity contribution in [2.75, 3.05) is 18.0 Å². The van der Waals surface area contributed by atoms with Gasteiger partial charge in [0.2, 0.25) is 0 Å². The van der Waals surface area contributed by atoms with E-state index in [4.69, 9.17) is 16.1 Å². The van der Waals surface area contributed by atoms with Gasteiger partial charge in [0.05, 0.1) is 0 Å². The fourth-order valence-corrected chi connectivity index (χ4v) is 4.76. The summed E-state index contributed by atoms with van der Waals surface area (Å²) in [4.78, 5) is 16.9. The average molecular weight is 456 g/mol. The number of hydrogen-bond donors (Lipinski definition) is 1. The van der Waals surface area contributed by atoms with Gasteiger partial charge >= 0.3 is 0 Å². The molecule has 164 valence electrons. The molecule has 5 rings (SSSR count). The first-order chi connectivity index (χ1) is 15.5. The molecule has 2 aromatic carbocycles. The van der Waals surface area contributed by atoms with Crippen molar-refractivity contribution < 1.29 is 18.1 Å². The van der Waals surface area contributed by atoms with Crippen LogP contribution in [0.5, 0.6) is 0 Å². The van der Waals surface area contributed by atoms with E-state index in [1.165, 1.54) is 5.56 Å².